The Bertz CT molecular complexity index is 942. The Labute approximate surface area is 354 Å². The number of hydrogen-bond donors (Lipinski definition) is 2. The van der Waals surface area contributed by atoms with Crippen LogP contribution in [0.25, 0.3) is 0 Å². The van der Waals surface area contributed by atoms with Crippen LogP contribution in [0.2, 0.25) is 0 Å². The number of quaternary nitrogens is 1. The van der Waals surface area contributed by atoms with Gasteiger partial charge in [0.25, 0.3) is 7.82 Å². The minimum absolute atomic E-state index is 0.0134. The zero-order valence-electron chi connectivity index (χ0n) is 38.6. The molecule has 0 spiro atoms. The van der Waals surface area contributed by atoms with E-state index < -0.39 is 20.0 Å². The lowest BCUT2D eigenvalue weighted by atomic mass is 10.0. The molecule has 3 unspecified atom stereocenters. The molecular formula is C48H97N2O6P. The maximum Gasteiger partial charge on any atom is 0.268 e. The van der Waals surface area contributed by atoms with Gasteiger partial charge >= 0.3 is 0 Å². The Morgan fingerprint density at radius 2 is 0.965 bits per heavy atom. The van der Waals surface area contributed by atoms with Gasteiger partial charge in [-0.1, -0.05) is 206 Å². The van der Waals surface area contributed by atoms with Crippen molar-refractivity contribution < 1.29 is 32.9 Å². The van der Waals surface area contributed by atoms with Gasteiger partial charge < -0.3 is 28.8 Å². The van der Waals surface area contributed by atoms with E-state index in [0.29, 0.717) is 23.9 Å². The molecule has 0 saturated heterocycles. The molecule has 0 rings (SSSR count). The average Bonchev–Trinajstić information content (AvgIpc) is 3.16. The van der Waals surface area contributed by atoms with Crippen LogP contribution in [-0.2, 0) is 18.4 Å². The second-order valence-corrected chi connectivity index (χ2v) is 19.6. The smallest absolute Gasteiger partial charge is 0.268 e. The van der Waals surface area contributed by atoms with Crippen LogP contribution in [0.4, 0.5) is 0 Å². The molecule has 0 aliphatic rings. The predicted octanol–water partition coefficient (Wildman–Crippen LogP) is 13.3. The molecule has 0 aromatic carbocycles. The summed E-state index contributed by atoms with van der Waals surface area (Å²) in [6.07, 6.45) is 46.4. The lowest BCUT2D eigenvalue weighted by Gasteiger charge is -2.30. The van der Waals surface area contributed by atoms with Gasteiger partial charge in [-0.05, 0) is 38.5 Å². The Morgan fingerprint density at radius 3 is 1.37 bits per heavy atom. The Kier molecular flexibility index (Phi) is 40.1. The van der Waals surface area contributed by atoms with E-state index >= 15 is 0 Å². The molecule has 9 heteroatoms. The van der Waals surface area contributed by atoms with Crippen molar-refractivity contribution in [2.75, 3.05) is 40.9 Å². The lowest BCUT2D eigenvalue weighted by Crippen LogP contribution is -2.46. The second kappa shape index (κ2) is 40.6. The molecule has 0 radical (unpaired) electrons. The third-order valence-corrected chi connectivity index (χ3v) is 12.2. The molecule has 340 valence electrons. The van der Waals surface area contributed by atoms with Gasteiger partial charge in [0.2, 0.25) is 5.91 Å². The number of carbonyl (C=O) groups is 1. The fourth-order valence-corrected chi connectivity index (χ4v) is 8.05. The van der Waals surface area contributed by atoms with Crippen LogP contribution in [0.1, 0.15) is 239 Å². The highest BCUT2D eigenvalue weighted by Crippen LogP contribution is 2.38. The Hall–Kier alpha value is -0.760. The van der Waals surface area contributed by atoms with Gasteiger partial charge in [0.15, 0.2) is 0 Å². The van der Waals surface area contributed by atoms with E-state index in [-0.39, 0.29) is 19.1 Å². The number of aliphatic hydroxyl groups excluding tert-OH is 1. The number of carbonyl (C=O) groups excluding carboxylic acids is 1. The van der Waals surface area contributed by atoms with Crippen molar-refractivity contribution >= 4 is 13.7 Å². The largest absolute Gasteiger partial charge is 0.756 e. The van der Waals surface area contributed by atoms with Crippen LogP contribution in [0.15, 0.2) is 12.2 Å². The van der Waals surface area contributed by atoms with E-state index in [2.05, 4.69) is 31.3 Å². The van der Waals surface area contributed by atoms with E-state index in [0.717, 1.165) is 38.5 Å². The molecule has 0 saturated carbocycles. The number of unbranched alkanes of at least 4 members (excludes halogenated alkanes) is 30. The zero-order chi connectivity index (χ0) is 42.1. The van der Waals surface area contributed by atoms with Crippen molar-refractivity contribution in [1.82, 2.24) is 5.32 Å². The van der Waals surface area contributed by atoms with Crippen molar-refractivity contribution in [2.24, 2.45) is 0 Å². The molecule has 57 heavy (non-hydrogen) atoms. The first kappa shape index (κ1) is 56.2. The lowest BCUT2D eigenvalue weighted by molar-refractivity contribution is -0.870. The van der Waals surface area contributed by atoms with Gasteiger partial charge in [0.1, 0.15) is 13.2 Å². The van der Waals surface area contributed by atoms with Crippen LogP contribution in [0.3, 0.4) is 0 Å². The summed E-state index contributed by atoms with van der Waals surface area (Å²) in [5.41, 5.74) is 0. The van der Waals surface area contributed by atoms with Gasteiger partial charge in [-0.15, -0.1) is 0 Å². The number of amides is 1. The summed E-state index contributed by atoms with van der Waals surface area (Å²) < 4.78 is 23.3. The maximum absolute atomic E-state index is 12.9. The van der Waals surface area contributed by atoms with Crippen molar-refractivity contribution in [3.63, 3.8) is 0 Å². The first-order valence-electron chi connectivity index (χ1n) is 24.5. The predicted molar refractivity (Wildman–Crippen MR) is 242 cm³/mol. The first-order chi connectivity index (χ1) is 27.5. The summed E-state index contributed by atoms with van der Waals surface area (Å²) in [6, 6.07) is -0.799. The SMILES string of the molecule is CCCCCCCCC/C=C\CCCCCCCCCC(=O)NC(COP(=O)([O-])OCC[N+](C)(C)C)C(O)CCCCCCCCCCCCCCCCCCC. The molecule has 0 aromatic rings. The zero-order valence-corrected chi connectivity index (χ0v) is 39.5. The topological polar surface area (TPSA) is 108 Å². The number of hydrogen-bond acceptors (Lipinski definition) is 6. The van der Waals surface area contributed by atoms with E-state index in [1.54, 1.807) is 0 Å². The fraction of sp³-hybridized carbons (Fsp3) is 0.938. The van der Waals surface area contributed by atoms with Crippen LogP contribution in [0.5, 0.6) is 0 Å². The van der Waals surface area contributed by atoms with Crippen molar-refractivity contribution in [1.29, 1.82) is 0 Å². The number of allylic oxidation sites excluding steroid dienone is 2. The molecule has 0 bridgehead atoms. The summed E-state index contributed by atoms with van der Waals surface area (Å²) in [6.45, 7) is 4.74. The standard InChI is InChI=1S/C48H97N2O6P/c1-6-8-10-12-14-16-18-20-22-24-26-28-30-32-34-36-38-40-42-48(52)49-46(45-56-57(53,54)55-44-43-50(3,4)5)47(51)41-39-37-35-33-31-29-27-25-23-21-19-17-15-13-11-9-7-2/h22,24,46-47,51H,6-21,23,25-45H2,1-5H3,(H-,49,52,53,54)/b24-22-. The number of rotatable bonds is 45. The summed E-state index contributed by atoms with van der Waals surface area (Å²) in [4.78, 5) is 25.4. The normalized spacial score (nSPS) is 14.3. The van der Waals surface area contributed by atoms with E-state index in [1.807, 2.05) is 21.1 Å². The molecule has 0 heterocycles. The second-order valence-electron chi connectivity index (χ2n) is 18.2. The van der Waals surface area contributed by atoms with Crippen LogP contribution < -0.4 is 10.2 Å². The van der Waals surface area contributed by atoms with E-state index in [4.69, 9.17) is 9.05 Å². The number of phosphoric ester groups is 1. The number of nitrogens with zero attached hydrogens (tertiary/aromatic N) is 1. The third kappa shape index (κ3) is 43.1. The van der Waals surface area contributed by atoms with Gasteiger partial charge in [-0.2, -0.15) is 0 Å². The third-order valence-electron chi connectivity index (χ3n) is 11.3. The molecule has 3 atom stereocenters. The molecule has 1 amide bonds. The van der Waals surface area contributed by atoms with Crippen LogP contribution >= 0.6 is 7.82 Å². The van der Waals surface area contributed by atoms with E-state index in [1.165, 1.54) is 173 Å². The summed E-state index contributed by atoms with van der Waals surface area (Å²) >= 11 is 0. The minimum atomic E-state index is -4.56. The minimum Gasteiger partial charge on any atom is -0.756 e. The fourth-order valence-electron chi connectivity index (χ4n) is 7.33. The van der Waals surface area contributed by atoms with E-state index in [9.17, 15) is 19.4 Å². The van der Waals surface area contributed by atoms with Crippen molar-refractivity contribution in [3.8, 4) is 0 Å². The molecular weight excluding hydrogens is 732 g/mol. The van der Waals surface area contributed by atoms with Gasteiger partial charge in [-0.3, -0.25) is 9.36 Å². The average molecular weight is 829 g/mol. The first-order valence-corrected chi connectivity index (χ1v) is 26.0. The van der Waals surface area contributed by atoms with Gasteiger partial charge in [0, 0.05) is 6.42 Å². The monoisotopic (exact) mass is 829 g/mol. The highest BCUT2D eigenvalue weighted by molar-refractivity contribution is 7.45. The summed E-state index contributed by atoms with van der Waals surface area (Å²) in [5, 5.41) is 14.0. The van der Waals surface area contributed by atoms with Crippen LogP contribution in [0, 0.1) is 0 Å². The molecule has 0 fully saturated rings. The summed E-state index contributed by atoms with van der Waals surface area (Å²) in [5.74, 6) is -0.167. The highest BCUT2D eigenvalue weighted by Gasteiger charge is 2.24. The maximum atomic E-state index is 12.9. The van der Waals surface area contributed by atoms with Gasteiger partial charge in [-0.25, -0.2) is 0 Å². The Balaban J connectivity index is 4.29. The highest BCUT2D eigenvalue weighted by atomic mass is 31.2. The molecule has 0 aromatic heterocycles. The molecule has 2 N–H and O–H groups in total. The quantitative estimate of drug-likeness (QED) is 0.0274. The number of phosphoric acid groups is 1. The number of aliphatic hydroxyl groups is 1. The van der Waals surface area contributed by atoms with Crippen LogP contribution in [-0.4, -0.2) is 68.5 Å². The molecule has 0 aliphatic carbocycles. The molecule has 0 aliphatic heterocycles. The van der Waals surface area contributed by atoms with Crippen molar-refractivity contribution in [3.05, 3.63) is 12.2 Å². The van der Waals surface area contributed by atoms with Crippen molar-refractivity contribution in [2.45, 2.75) is 251 Å². The Morgan fingerprint density at radius 1 is 0.596 bits per heavy atom. The molecule has 8 nitrogen and oxygen atoms in total. The van der Waals surface area contributed by atoms with Gasteiger partial charge in [0.05, 0.1) is 39.9 Å². The summed E-state index contributed by atoms with van der Waals surface area (Å²) in [7, 11) is 1.31. The number of nitrogens with one attached hydrogen (secondary N) is 1. The number of likely N-dealkylation sites (N-methyl/N-ethyl adjacent to an activating group) is 1.